The van der Waals surface area contributed by atoms with E-state index in [9.17, 15) is 19.8 Å². The Morgan fingerprint density at radius 3 is 2.56 bits per heavy atom. The molecule has 1 amide bonds. The first-order valence-corrected chi connectivity index (χ1v) is 10.3. The molecular formula is C20H24N2O4S. The molecule has 1 aromatic rings. The van der Waals surface area contributed by atoms with Crippen LogP contribution in [-0.4, -0.2) is 51.4 Å². The third-order valence-corrected chi connectivity index (χ3v) is 7.48. The summed E-state index contributed by atoms with van der Waals surface area (Å²) in [5, 5.41) is 24.2. The van der Waals surface area contributed by atoms with Gasteiger partial charge in [0.1, 0.15) is 5.70 Å². The first-order chi connectivity index (χ1) is 13.0. The lowest BCUT2D eigenvalue weighted by atomic mass is 9.76. The van der Waals surface area contributed by atoms with Crippen LogP contribution in [0, 0.1) is 11.8 Å². The molecule has 2 fully saturated rings. The third kappa shape index (κ3) is 3.07. The second kappa shape index (κ2) is 7.30. The van der Waals surface area contributed by atoms with Gasteiger partial charge in [0.05, 0.1) is 18.1 Å². The Morgan fingerprint density at radius 2 is 1.93 bits per heavy atom. The number of piperidine rings is 1. The second-order valence-corrected chi connectivity index (χ2v) is 8.80. The Morgan fingerprint density at radius 1 is 1.26 bits per heavy atom. The molecule has 4 rings (SSSR count). The quantitative estimate of drug-likeness (QED) is 0.669. The summed E-state index contributed by atoms with van der Waals surface area (Å²) in [5.41, 5.74) is 0.816. The fourth-order valence-electron chi connectivity index (χ4n) is 4.46. The van der Waals surface area contributed by atoms with Crippen LogP contribution in [0.1, 0.15) is 31.4 Å². The number of β-lactam (4-membered cyclic amide) rings is 1. The maximum atomic E-state index is 12.8. The Labute approximate surface area is 162 Å². The molecule has 3 N–H and O–H groups in total. The first-order valence-electron chi connectivity index (χ1n) is 9.41. The molecule has 144 valence electrons. The molecule has 0 saturated carbocycles. The summed E-state index contributed by atoms with van der Waals surface area (Å²) in [6, 6.07) is 8.84. The van der Waals surface area contributed by atoms with Crippen LogP contribution in [0.4, 0.5) is 0 Å². The molecule has 6 nitrogen and oxygen atoms in total. The Kier molecular flexibility index (Phi) is 5.01. The van der Waals surface area contributed by atoms with Crippen LogP contribution in [0.15, 0.2) is 40.9 Å². The Hall–Kier alpha value is -1.83. The highest BCUT2D eigenvalue weighted by molar-refractivity contribution is 8.03. The van der Waals surface area contributed by atoms with E-state index >= 15 is 0 Å². The van der Waals surface area contributed by atoms with Crippen molar-refractivity contribution in [2.75, 3.05) is 13.1 Å². The van der Waals surface area contributed by atoms with Gasteiger partial charge in [0.25, 0.3) is 0 Å². The molecule has 0 aliphatic carbocycles. The number of rotatable bonds is 5. The van der Waals surface area contributed by atoms with Crippen molar-refractivity contribution >= 4 is 23.6 Å². The van der Waals surface area contributed by atoms with Gasteiger partial charge in [-0.05, 0) is 31.5 Å². The predicted molar refractivity (Wildman–Crippen MR) is 103 cm³/mol. The largest absolute Gasteiger partial charge is 0.477 e. The van der Waals surface area contributed by atoms with E-state index in [1.807, 2.05) is 25.1 Å². The molecule has 3 aliphatic rings. The lowest BCUT2D eigenvalue weighted by Crippen LogP contribution is -2.62. The number of aliphatic hydroxyl groups is 1. The van der Waals surface area contributed by atoms with Gasteiger partial charge in [-0.15, -0.1) is 11.8 Å². The summed E-state index contributed by atoms with van der Waals surface area (Å²) in [6.07, 6.45) is 1.06. The van der Waals surface area contributed by atoms with Crippen molar-refractivity contribution < 1.29 is 19.8 Å². The van der Waals surface area contributed by atoms with Crippen molar-refractivity contribution in [3.05, 3.63) is 46.5 Å². The highest BCUT2D eigenvalue weighted by Gasteiger charge is 2.61. The van der Waals surface area contributed by atoms with Crippen molar-refractivity contribution in [3.63, 3.8) is 0 Å². The minimum absolute atomic E-state index is 0.0861. The number of nitrogens with one attached hydrogen (secondary N) is 1. The van der Waals surface area contributed by atoms with E-state index in [0.717, 1.165) is 30.8 Å². The van der Waals surface area contributed by atoms with Crippen molar-refractivity contribution in [1.29, 1.82) is 0 Å². The number of aliphatic carboxylic acids is 1. The van der Waals surface area contributed by atoms with Gasteiger partial charge in [-0.2, -0.15) is 0 Å². The molecule has 4 atom stereocenters. The van der Waals surface area contributed by atoms with Gasteiger partial charge in [0, 0.05) is 16.1 Å². The van der Waals surface area contributed by atoms with Gasteiger partial charge in [-0.3, -0.25) is 4.79 Å². The maximum Gasteiger partial charge on any atom is 0.353 e. The van der Waals surface area contributed by atoms with E-state index in [1.54, 1.807) is 23.9 Å². The summed E-state index contributed by atoms with van der Waals surface area (Å²) >= 11 is 1.62. The number of amides is 1. The molecule has 7 heteroatoms. The zero-order valence-electron chi connectivity index (χ0n) is 15.2. The molecule has 3 heterocycles. The number of nitrogens with zero attached hydrogens (tertiary/aromatic N) is 1. The smallest absolute Gasteiger partial charge is 0.353 e. The van der Waals surface area contributed by atoms with Crippen molar-refractivity contribution in [2.45, 2.75) is 37.2 Å². The van der Waals surface area contributed by atoms with Gasteiger partial charge in [0.15, 0.2) is 0 Å². The number of benzene rings is 1. The molecule has 2 saturated heterocycles. The standard InChI is InChI=1S/C20H24N2O4S/c1-11-15-14(17(23)12-5-3-2-4-6-12)19(24)22(15)16(20(25)26)18(11)27-13-7-9-21-10-8-13/h2-6,11,13-15,17,21,23H,7-10H2,1H3,(H,25,26)/t11-,14+,15-,17?/m1/s1. The number of carboxylic acids is 1. The fraction of sp³-hybridized carbons (Fsp3) is 0.500. The Balaban J connectivity index is 1.60. The highest BCUT2D eigenvalue weighted by atomic mass is 32.2. The van der Waals surface area contributed by atoms with E-state index in [2.05, 4.69) is 5.32 Å². The summed E-state index contributed by atoms with van der Waals surface area (Å²) in [7, 11) is 0. The molecule has 0 radical (unpaired) electrons. The van der Waals surface area contributed by atoms with E-state index in [0.29, 0.717) is 10.8 Å². The van der Waals surface area contributed by atoms with Crippen LogP contribution in [0.5, 0.6) is 0 Å². The molecule has 0 spiro atoms. The predicted octanol–water partition coefficient (Wildman–Crippen LogP) is 1.98. The number of carboxylic acid groups (broad SMARTS) is 1. The average Bonchev–Trinajstić information content (AvgIpc) is 2.92. The maximum absolute atomic E-state index is 12.8. The molecule has 1 unspecified atom stereocenters. The number of hydrogen-bond donors (Lipinski definition) is 3. The SMILES string of the molecule is C[C@H]1C(SC2CCNCC2)=C(C(=O)O)N2C(=O)[C@H](C(O)c3ccccc3)[C@@H]12. The number of carbonyl (C=O) groups is 2. The third-order valence-electron chi connectivity index (χ3n) is 5.85. The summed E-state index contributed by atoms with van der Waals surface area (Å²) in [6.45, 7) is 3.85. The zero-order valence-corrected chi connectivity index (χ0v) is 16.0. The average molecular weight is 388 g/mol. The van der Waals surface area contributed by atoms with E-state index < -0.39 is 18.0 Å². The van der Waals surface area contributed by atoms with Crippen LogP contribution in [0.3, 0.4) is 0 Å². The van der Waals surface area contributed by atoms with Crippen molar-refractivity contribution in [1.82, 2.24) is 10.2 Å². The van der Waals surface area contributed by atoms with Gasteiger partial charge in [0.2, 0.25) is 5.91 Å². The molecule has 1 aromatic carbocycles. The summed E-state index contributed by atoms with van der Waals surface area (Å²) in [4.78, 5) is 26.9. The Bertz CT molecular complexity index is 775. The van der Waals surface area contributed by atoms with Crippen LogP contribution in [0.2, 0.25) is 0 Å². The van der Waals surface area contributed by atoms with Gasteiger partial charge in [-0.25, -0.2) is 4.79 Å². The minimum atomic E-state index is -1.05. The van der Waals surface area contributed by atoms with Crippen LogP contribution in [0.25, 0.3) is 0 Å². The first kappa shape index (κ1) is 18.5. The number of fused-ring (bicyclic) bond motifs is 1. The minimum Gasteiger partial charge on any atom is -0.477 e. The van der Waals surface area contributed by atoms with Crippen LogP contribution in [-0.2, 0) is 9.59 Å². The van der Waals surface area contributed by atoms with Crippen LogP contribution >= 0.6 is 11.8 Å². The molecule has 3 aliphatic heterocycles. The van der Waals surface area contributed by atoms with E-state index in [4.69, 9.17) is 0 Å². The zero-order chi connectivity index (χ0) is 19.1. The van der Waals surface area contributed by atoms with Gasteiger partial charge < -0.3 is 20.4 Å². The lowest BCUT2D eigenvalue weighted by Gasteiger charge is -2.47. The molecular weight excluding hydrogens is 364 g/mol. The number of thioether (sulfide) groups is 1. The highest BCUT2D eigenvalue weighted by Crippen LogP contribution is 2.53. The number of aliphatic hydroxyl groups excluding tert-OH is 1. The summed E-state index contributed by atoms with van der Waals surface area (Å²) in [5.74, 6) is -2.02. The number of hydrogen-bond acceptors (Lipinski definition) is 5. The molecule has 27 heavy (non-hydrogen) atoms. The van der Waals surface area contributed by atoms with Gasteiger partial charge in [-0.1, -0.05) is 37.3 Å². The number of carbonyl (C=O) groups excluding carboxylic acids is 1. The van der Waals surface area contributed by atoms with Crippen LogP contribution < -0.4 is 5.32 Å². The van der Waals surface area contributed by atoms with Crippen molar-refractivity contribution in [2.24, 2.45) is 11.8 Å². The van der Waals surface area contributed by atoms with Gasteiger partial charge >= 0.3 is 5.97 Å². The molecule has 0 bridgehead atoms. The van der Waals surface area contributed by atoms with E-state index in [1.165, 1.54) is 4.90 Å². The molecule has 0 aromatic heterocycles. The topological polar surface area (TPSA) is 89.9 Å². The fourth-order valence-corrected chi connectivity index (χ4v) is 5.94. The van der Waals surface area contributed by atoms with E-state index in [-0.39, 0.29) is 23.6 Å². The normalized spacial score (nSPS) is 29.5. The van der Waals surface area contributed by atoms with Crippen molar-refractivity contribution in [3.8, 4) is 0 Å². The second-order valence-electron chi connectivity index (χ2n) is 7.45. The summed E-state index contributed by atoms with van der Waals surface area (Å²) < 4.78 is 0. The lowest BCUT2D eigenvalue weighted by molar-refractivity contribution is -0.164. The monoisotopic (exact) mass is 388 g/mol.